The number of benzene rings is 3. The van der Waals surface area contributed by atoms with E-state index >= 15 is 0 Å². The van der Waals surface area contributed by atoms with Crippen molar-refractivity contribution in [1.82, 2.24) is 4.90 Å². The van der Waals surface area contributed by atoms with E-state index in [1.807, 2.05) is 0 Å². The minimum Gasteiger partial charge on any atom is -0.494 e. The highest BCUT2D eigenvalue weighted by Gasteiger charge is 2.32. The number of thioether (sulfide) groups is 1. The van der Waals surface area contributed by atoms with Crippen LogP contribution < -0.4 is 24.3 Å². The van der Waals surface area contributed by atoms with Crippen LogP contribution in [0.2, 0.25) is 0 Å². The molecule has 1 aliphatic rings. The number of thiocarbonyl (C=S) groups is 1. The highest BCUT2D eigenvalue weighted by molar-refractivity contribution is 8.26. The molecule has 2 amide bonds. The van der Waals surface area contributed by atoms with Crippen LogP contribution in [0.1, 0.15) is 22.3 Å². The molecule has 0 atom stereocenters. The maximum absolute atomic E-state index is 14.0. The standard InChI is InChI=1S/C30H26F2N2O8S2/c1-39-21-13-17(29(37)38)14-22(40-2)26(21)33-25(35)7-8-34-28(36)24(44-30(34)43)11-15-9-18(27(42-4)23(10-15)41-3)16-5-6-19(31)20(32)12-16/h5-6,9-14H,7-8H2,1-4H3,(H,33,35)(H,37,38). The van der Waals surface area contributed by atoms with Gasteiger partial charge in [0.1, 0.15) is 21.5 Å². The molecule has 1 heterocycles. The SMILES string of the molecule is COc1cc(C(=O)O)cc(OC)c1NC(=O)CCN1C(=O)C(=Cc2cc(OC)c(OC)c(-c3ccc(F)c(F)c3)c2)SC1=S. The first-order valence-electron chi connectivity index (χ1n) is 12.8. The summed E-state index contributed by atoms with van der Waals surface area (Å²) in [5.41, 5.74) is 1.29. The second-order valence-corrected chi connectivity index (χ2v) is 10.8. The van der Waals surface area contributed by atoms with Gasteiger partial charge in [0, 0.05) is 18.5 Å². The third-order valence-electron chi connectivity index (χ3n) is 6.48. The highest BCUT2D eigenvalue weighted by atomic mass is 32.2. The van der Waals surface area contributed by atoms with Gasteiger partial charge >= 0.3 is 5.97 Å². The van der Waals surface area contributed by atoms with Crippen LogP contribution in [0.3, 0.4) is 0 Å². The molecule has 1 aliphatic heterocycles. The van der Waals surface area contributed by atoms with E-state index in [0.29, 0.717) is 28.2 Å². The van der Waals surface area contributed by atoms with Crippen LogP contribution in [0, 0.1) is 11.6 Å². The maximum Gasteiger partial charge on any atom is 0.335 e. The van der Waals surface area contributed by atoms with Gasteiger partial charge in [-0.05, 0) is 53.6 Å². The number of carbonyl (C=O) groups is 3. The van der Waals surface area contributed by atoms with Gasteiger partial charge in [-0.15, -0.1) is 0 Å². The fourth-order valence-electron chi connectivity index (χ4n) is 4.37. The summed E-state index contributed by atoms with van der Waals surface area (Å²) in [4.78, 5) is 39.1. The van der Waals surface area contributed by atoms with Crippen molar-refractivity contribution in [3.63, 3.8) is 0 Å². The number of rotatable bonds is 11. The molecule has 3 aromatic carbocycles. The minimum absolute atomic E-state index is 0.0439. The number of carboxylic acid groups (broad SMARTS) is 1. The second-order valence-electron chi connectivity index (χ2n) is 9.13. The number of ether oxygens (including phenoxy) is 4. The quantitative estimate of drug-likeness (QED) is 0.202. The number of carboxylic acids is 1. The maximum atomic E-state index is 14.0. The van der Waals surface area contributed by atoms with Gasteiger partial charge in [-0.2, -0.15) is 0 Å². The van der Waals surface area contributed by atoms with Crippen molar-refractivity contribution in [1.29, 1.82) is 0 Å². The molecule has 0 spiro atoms. The molecule has 0 bridgehead atoms. The van der Waals surface area contributed by atoms with Crippen LogP contribution in [0.25, 0.3) is 17.2 Å². The Bertz CT molecular complexity index is 1670. The molecule has 0 saturated carbocycles. The van der Waals surface area contributed by atoms with E-state index in [-0.39, 0.29) is 44.9 Å². The van der Waals surface area contributed by atoms with Crippen LogP contribution in [0.5, 0.6) is 23.0 Å². The normalized spacial score (nSPS) is 13.7. The molecular formula is C30H26F2N2O8S2. The van der Waals surface area contributed by atoms with Gasteiger partial charge in [0.05, 0.1) is 38.9 Å². The number of nitrogens with one attached hydrogen (secondary N) is 1. The van der Waals surface area contributed by atoms with Crippen molar-refractivity contribution in [2.45, 2.75) is 6.42 Å². The topological polar surface area (TPSA) is 124 Å². The second kappa shape index (κ2) is 13.7. The Kier molecular flexibility index (Phi) is 10.1. The summed E-state index contributed by atoms with van der Waals surface area (Å²) in [6.07, 6.45) is 1.42. The van der Waals surface area contributed by atoms with Crippen molar-refractivity contribution in [2.75, 3.05) is 40.3 Å². The van der Waals surface area contributed by atoms with Crippen molar-refractivity contribution >= 4 is 57.8 Å². The average Bonchev–Trinajstić information content (AvgIpc) is 3.27. The molecule has 230 valence electrons. The number of aromatic carboxylic acids is 1. The summed E-state index contributed by atoms with van der Waals surface area (Å²) in [5, 5.41) is 12.0. The third kappa shape index (κ3) is 6.76. The number of hydrogen-bond acceptors (Lipinski definition) is 9. The van der Waals surface area contributed by atoms with Crippen molar-refractivity contribution in [3.05, 3.63) is 70.1 Å². The van der Waals surface area contributed by atoms with Gasteiger partial charge < -0.3 is 29.4 Å². The lowest BCUT2D eigenvalue weighted by Gasteiger charge is -2.17. The van der Waals surface area contributed by atoms with Crippen LogP contribution in [0.4, 0.5) is 14.5 Å². The van der Waals surface area contributed by atoms with Gasteiger partial charge in [-0.1, -0.05) is 30.0 Å². The van der Waals surface area contributed by atoms with E-state index in [2.05, 4.69) is 5.32 Å². The van der Waals surface area contributed by atoms with Crippen molar-refractivity contribution in [3.8, 4) is 34.1 Å². The fraction of sp³-hybridized carbons (Fsp3) is 0.200. The number of nitrogens with zero attached hydrogens (tertiary/aromatic N) is 1. The molecule has 10 nitrogen and oxygen atoms in total. The predicted molar refractivity (Wildman–Crippen MR) is 165 cm³/mol. The molecule has 0 aliphatic carbocycles. The van der Waals surface area contributed by atoms with E-state index in [0.717, 1.165) is 23.9 Å². The van der Waals surface area contributed by atoms with E-state index in [4.69, 9.17) is 31.2 Å². The summed E-state index contributed by atoms with van der Waals surface area (Å²) < 4.78 is 49.2. The lowest BCUT2D eigenvalue weighted by atomic mass is 10.0. The van der Waals surface area contributed by atoms with Gasteiger partial charge in [0.15, 0.2) is 23.1 Å². The van der Waals surface area contributed by atoms with E-state index in [1.54, 1.807) is 18.2 Å². The largest absolute Gasteiger partial charge is 0.494 e. The smallest absolute Gasteiger partial charge is 0.335 e. The first kappa shape index (κ1) is 32.2. The van der Waals surface area contributed by atoms with Crippen molar-refractivity contribution in [2.24, 2.45) is 0 Å². The number of methoxy groups -OCH3 is 4. The number of carbonyl (C=O) groups excluding carboxylic acids is 2. The summed E-state index contributed by atoms with van der Waals surface area (Å²) in [7, 11) is 5.48. The Balaban J connectivity index is 1.54. The third-order valence-corrected chi connectivity index (χ3v) is 7.86. The first-order chi connectivity index (χ1) is 21.0. The fourth-order valence-corrected chi connectivity index (χ4v) is 5.67. The summed E-state index contributed by atoms with van der Waals surface area (Å²) in [5.74, 6) is -3.40. The number of hydrogen-bond donors (Lipinski definition) is 2. The molecule has 1 saturated heterocycles. The van der Waals surface area contributed by atoms with Crippen LogP contribution in [-0.2, 0) is 9.59 Å². The molecule has 3 aromatic rings. The monoisotopic (exact) mass is 644 g/mol. The van der Waals surface area contributed by atoms with E-state index in [9.17, 15) is 28.3 Å². The zero-order valence-electron chi connectivity index (χ0n) is 23.9. The Labute approximate surface area is 260 Å². The van der Waals surface area contributed by atoms with Crippen LogP contribution in [-0.4, -0.2) is 67.1 Å². The lowest BCUT2D eigenvalue weighted by Crippen LogP contribution is -2.31. The molecular weight excluding hydrogens is 618 g/mol. The number of anilines is 1. The Morgan fingerprint density at radius 2 is 1.61 bits per heavy atom. The summed E-state index contributed by atoms with van der Waals surface area (Å²) in [6.45, 7) is -0.0439. The van der Waals surface area contributed by atoms with Gasteiger partial charge in [-0.3, -0.25) is 14.5 Å². The van der Waals surface area contributed by atoms with Crippen LogP contribution >= 0.6 is 24.0 Å². The molecule has 0 aromatic heterocycles. The summed E-state index contributed by atoms with van der Waals surface area (Å²) in [6, 6.07) is 9.20. The van der Waals surface area contributed by atoms with Gasteiger partial charge in [0.25, 0.3) is 5.91 Å². The Hall–Kier alpha value is -4.69. The zero-order valence-corrected chi connectivity index (χ0v) is 25.5. The molecule has 0 radical (unpaired) electrons. The zero-order chi connectivity index (χ0) is 32.1. The van der Waals surface area contributed by atoms with Crippen LogP contribution in [0.15, 0.2) is 47.4 Å². The highest BCUT2D eigenvalue weighted by Crippen LogP contribution is 2.42. The Morgan fingerprint density at radius 1 is 0.955 bits per heavy atom. The lowest BCUT2D eigenvalue weighted by molar-refractivity contribution is -0.122. The van der Waals surface area contributed by atoms with Gasteiger partial charge in [-0.25, -0.2) is 13.6 Å². The predicted octanol–water partition coefficient (Wildman–Crippen LogP) is 5.59. The molecule has 2 N–H and O–H groups in total. The summed E-state index contributed by atoms with van der Waals surface area (Å²) >= 11 is 6.44. The molecule has 14 heteroatoms. The van der Waals surface area contributed by atoms with Gasteiger partial charge in [0.2, 0.25) is 5.91 Å². The van der Waals surface area contributed by atoms with E-state index < -0.39 is 29.4 Å². The molecule has 0 unspecified atom stereocenters. The number of halogens is 2. The molecule has 4 rings (SSSR count). The minimum atomic E-state index is -1.20. The van der Waals surface area contributed by atoms with Crippen molar-refractivity contribution < 1.29 is 47.2 Å². The number of amides is 2. The van der Waals surface area contributed by atoms with E-state index in [1.165, 1.54) is 51.5 Å². The first-order valence-corrected chi connectivity index (χ1v) is 14.0. The Morgan fingerprint density at radius 3 is 2.18 bits per heavy atom. The molecule has 44 heavy (non-hydrogen) atoms. The average molecular weight is 645 g/mol. The molecule has 1 fully saturated rings.